The number of carbonyl (C=O) groups is 1. The summed E-state index contributed by atoms with van der Waals surface area (Å²) >= 11 is 1.37. The van der Waals surface area contributed by atoms with Crippen LogP contribution in [0.4, 0.5) is 20.7 Å². The van der Waals surface area contributed by atoms with Crippen LogP contribution in [0.25, 0.3) is 0 Å². The Bertz CT molecular complexity index is 754. The largest absolute Gasteiger partial charge is 0.497 e. The number of nitrogens with one attached hydrogen (secondary N) is 2. The van der Waals surface area contributed by atoms with E-state index in [9.17, 15) is 4.79 Å². The predicted molar refractivity (Wildman–Crippen MR) is 107 cm³/mol. The minimum atomic E-state index is -0.395. The Morgan fingerprint density at radius 2 is 1.74 bits per heavy atom. The Morgan fingerprint density at radius 3 is 2.37 bits per heavy atom. The maximum atomic E-state index is 12.3. The molecular weight excluding hydrogens is 366 g/mol. The summed E-state index contributed by atoms with van der Waals surface area (Å²) in [4.78, 5) is 14.5. The highest BCUT2D eigenvalue weighted by Gasteiger charge is 2.21. The molecule has 2 amide bonds. The Kier molecular flexibility index (Phi) is 6.33. The Balaban J connectivity index is 1.61. The fourth-order valence-electron chi connectivity index (χ4n) is 3.17. The molecule has 1 saturated carbocycles. The summed E-state index contributed by atoms with van der Waals surface area (Å²) in [5.41, 5.74) is 0.563. The topological polar surface area (TPSA) is 88.6 Å². The first-order chi connectivity index (χ1) is 13.1. The number of methoxy groups -OCH3 is 2. The molecule has 0 unspecified atom stereocenters. The van der Waals surface area contributed by atoms with Crippen LogP contribution in [-0.2, 0) is 0 Å². The predicted octanol–water partition coefficient (Wildman–Crippen LogP) is 3.97. The number of urea groups is 1. The third-order valence-electron chi connectivity index (χ3n) is 4.67. The molecule has 1 aliphatic rings. The van der Waals surface area contributed by atoms with Gasteiger partial charge in [-0.2, -0.15) is 0 Å². The summed E-state index contributed by atoms with van der Waals surface area (Å²) in [7, 11) is 5.16. The molecule has 1 fully saturated rings. The lowest BCUT2D eigenvalue weighted by Gasteiger charge is -2.30. The second-order valence-corrected chi connectivity index (χ2v) is 7.43. The Hall–Kier alpha value is -2.55. The summed E-state index contributed by atoms with van der Waals surface area (Å²) in [6.07, 6.45) is 6.17. The number of nitrogens with zero attached hydrogens (tertiary/aromatic N) is 3. The lowest BCUT2D eigenvalue weighted by Crippen LogP contribution is -2.33. The number of hydrogen-bond acceptors (Lipinski definition) is 7. The molecule has 1 aromatic heterocycles. The van der Waals surface area contributed by atoms with Crippen molar-refractivity contribution in [2.45, 2.75) is 38.1 Å². The van der Waals surface area contributed by atoms with Crippen molar-refractivity contribution < 1.29 is 14.3 Å². The van der Waals surface area contributed by atoms with Crippen molar-refractivity contribution >= 4 is 33.3 Å². The third kappa shape index (κ3) is 5.00. The number of aromatic nitrogens is 2. The van der Waals surface area contributed by atoms with Gasteiger partial charge < -0.3 is 19.7 Å². The normalized spacial score (nSPS) is 14.5. The average Bonchev–Trinajstić information content (AvgIpc) is 3.15. The van der Waals surface area contributed by atoms with Crippen molar-refractivity contribution in [3.05, 3.63) is 18.2 Å². The van der Waals surface area contributed by atoms with Gasteiger partial charge in [-0.1, -0.05) is 30.6 Å². The molecule has 0 radical (unpaired) electrons. The van der Waals surface area contributed by atoms with Crippen molar-refractivity contribution in [1.82, 2.24) is 10.2 Å². The Labute approximate surface area is 162 Å². The summed E-state index contributed by atoms with van der Waals surface area (Å²) in [6.45, 7) is 0. The monoisotopic (exact) mass is 391 g/mol. The van der Waals surface area contributed by atoms with E-state index in [4.69, 9.17) is 9.47 Å². The summed E-state index contributed by atoms with van der Waals surface area (Å²) in [6, 6.07) is 5.27. The molecule has 0 saturated heterocycles. The van der Waals surface area contributed by atoms with Crippen molar-refractivity contribution in [2.75, 3.05) is 36.8 Å². The number of hydrogen-bond donors (Lipinski definition) is 2. The van der Waals surface area contributed by atoms with Gasteiger partial charge in [0.05, 0.1) is 14.2 Å². The van der Waals surface area contributed by atoms with Crippen molar-refractivity contribution in [3.8, 4) is 11.5 Å². The van der Waals surface area contributed by atoms with Gasteiger partial charge in [0.1, 0.15) is 11.5 Å². The number of carbonyl (C=O) groups excluding carboxylic acids is 1. The van der Waals surface area contributed by atoms with E-state index in [1.54, 1.807) is 32.4 Å². The summed E-state index contributed by atoms with van der Waals surface area (Å²) in [5, 5.41) is 15.1. The zero-order valence-corrected chi connectivity index (χ0v) is 16.6. The highest BCUT2D eigenvalue weighted by atomic mass is 32.1. The lowest BCUT2D eigenvalue weighted by molar-refractivity contribution is 0.262. The average molecular weight is 391 g/mol. The van der Waals surface area contributed by atoms with Crippen LogP contribution < -0.4 is 25.0 Å². The minimum Gasteiger partial charge on any atom is -0.497 e. The van der Waals surface area contributed by atoms with Crippen LogP contribution in [-0.4, -0.2) is 43.5 Å². The second kappa shape index (κ2) is 8.90. The quantitative estimate of drug-likeness (QED) is 0.775. The van der Waals surface area contributed by atoms with Crippen molar-refractivity contribution in [3.63, 3.8) is 0 Å². The highest BCUT2D eigenvalue weighted by Crippen LogP contribution is 2.30. The van der Waals surface area contributed by atoms with Crippen LogP contribution in [0.5, 0.6) is 11.5 Å². The van der Waals surface area contributed by atoms with E-state index in [2.05, 4.69) is 25.7 Å². The van der Waals surface area contributed by atoms with E-state index < -0.39 is 6.03 Å². The fraction of sp³-hybridized carbons (Fsp3) is 0.500. The highest BCUT2D eigenvalue weighted by molar-refractivity contribution is 7.19. The second-order valence-electron chi connectivity index (χ2n) is 6.47. The fourth-order valence-corrected chi connectivity index (χ4v) is 3.95. The first kappa shape index (κ1) is 19.2. The summed E-state index contributed by atoms with van der Waals surface area (Å²) < 4.78 is 10.4. The molecule has 0 atom stereocenters. The number of ether oxygens (including phenoxy) is 2. The number of rotatable bonds is 6. The molecule has 1 heterocycles. The van der Waals surface area contributed by atoms with Crippen LogP contribution in [0, 0.1) is 0 Å². The first-order valence-electron chi connectivity index (χ1n) is 8.96. The van der Waals surface area contributed by atoms with Crippen LogP contribution in [0.15, 0.2) is 18.2 Å². The number of benzene rings is 1. The molecule has 0 aliphatic heterocycles. The zero-order valence-electron chi connectivity index (χ0n) is 15.8. The van der Waals surface area contributed by atoms with Gasteiger partial charge in [-0.05, 0) is 12.8 Å². The molecule has 8 nitrogen and oxygen atoms in total. The van der Waals surface area contributed by atoms with Gasteiger partial charge in [0.2, 0.25) is 10.3 Å². The third-order valence-corrected chi connectivity index (χ3v) is 5.60. The minimum absolute atomic E-state index is 0.395. The van der Waals surface area contributed by atoms with E-state index in [1.165, 1.54) is 43.4 Å². The van der Waals surface area contributed by atoms with Gasteiger partial charge in [0, 0.05) is 37.0 Å². The molecule has 27 heavy (non-hydrogen) atoms. The molecule has 0 bridgehead atoms. The zero-order chi connectivity index (χ0) is 19.2. The van der Waals surface area contributed by atoms with Crippen molar-refractivity contribution in [1.29, 1.82) is 0 Å². The lowest BCUT2D eigenvalue weighted by atomic mass is 9.95. The standard InChI is InChI=1S/C18H25N5O3S/c1-23(13-7-5-4-6-8-13)18-22-21-17(27-18)20-16(24)19-12-9-14(25-2)11-15(10-12)26-3/h9-11,13H,4-8H2,1-3H3,(H2,19,20,21,24). The van der Waals surface area contributed by atoms with Gasteiger partial charge in [-0.15, -0.1) is 10.2 Å². The van der Waals surface area contributed by atoms with Gasteiger partial charge >= 0.3 is 6.03 Å². The molecule has 9 heteroatoms. The van der Waals surface area contributed by atoms with E-state index in [1.807, 2.05) is 7.05 Å². The van der Waals surface area contributed by atoms with Gasteiger partial charge in [-0.3, -0.25) is 5.32 Å². The summed E-state index contributed by atoms with van der Waals surface area (Å²) in [5.74, 6) is 1.19. The van der Waals surface area contributed by atoms with Crippen LogP contribution in [0.3, 0.4) is 0 Å². The number of anilines is 3. The van der Waals surface area contributed by atoms with Crippen LogP contribution >= 0.6 is 11.3 Å². The van der Waals surface area contributed by atoms with Gasteiger partial charge in [-0.25, -0.2) is 4.79 Å². The molecule has 2 N–H and O–H groups in total. The maximum absolute atomic E-state index is 12.3. The molecule has 0 spiro atoms. The van der Waals surface area contributed by atoms with Crippen LogP contribution in [0.2, 0.25) is 0 Å². The number of amides is 2. The first-order valence-corrected chi connectivity index (χ1v) is 9.78. The van der Waals surface area contributed by atoms with E-state index in [0.717, 1.165) is 5.13 Å². The van der Waals surface area contributed by atoms with E-state index in [-0.39, 0.29) is 0 Å². The molecule has 2 aromatic rings. The van der Waals surface area contributed by atoms with Gasteiger partial charge in [0.15, 0.2) is 0 Å². The molecular formula is C18H25N5O3S. The SMILES string of the molecule is COc1cc(NC(=O)Nc2nnc(N(C)C3CCCCC3)s2)cc(OC)c1. The van der Waals surface area contributed by atoms with E-state index >= 15 is 0 Å². The maximum Gasteiger partial charge on any atom is 0.325 e. The van der Waals surface area contributed by atoms with Crippen LogP contribution in [0.1, 0.15) is 32.1 Å². The molecule has 1 aromatic carbocycles. The molecule has 1 aliphatic carbocycles. The molecule has 3 rings (SSSR count). The Morgan fingerprint density at radius 1 is 1.07 bits per heavy atom. The smallest absolute Gasteiger partial charge is 0.325 e. The van der Waals surface area contributed by atoms with Crippen molar-refractivity contribution in [2.24, 2.45) is 0 Å². The van der Waals surface area contributed by atoms with Gasteiger partial charge in [0.25, 0.3) is 0 Å². The molecule has 146 valence electrons. The van der Waals surface area contributed by atoms with E-state index in [0.29, 0.717) is 28.4 Å².